The molecule has 1 rings (SSSR count). The molecule has 0 N–H and O–H groups in total. The number of hydrogen-bond acceptors (Lipinski definition) is 6. The molecule has 0 aliphatic carbocycles. The minimum absolute atomic E-state index is 0.268. The predicted molar refractivity (Wildman–Crippen MR) is 47.7 cm³/mol. The van der Waals surface area contributed by atoms with E-state index in [1.165, 1.54) is 0 Å². The highest BCUT2D eigenvalue weighted by molar-refractivity contribution is 5.90. The van der Waals surface area contributed by atoms with Gasteiger partial charge in [0.1, 0.15) is 11.8 Å². The molecule has 6 heteroatoms. The van der Waals surface area contributed by atoms with E-state index < -0.39 is 17.4 Å². The Bertz CT molecular complexity index is 444. The van der Waals surface area contributed by atoms with Gasteiger partial charge in [0.15, 0.2) is 5.43 Å². The lowest BCUT2D eigenvalue weighted by Gasteiger charge is -1.99. The van der Waals surface area contributed by atoms with Crippen molar-refractivity contribution in [2.45, 2.75) is 0 Å². The molecule has 0 unspecified atom stereocenters. The predicted octanol–water partition coefficient (Wildman–Crippen LogP) is 0.213. The fourth-order valence-electron chi connectivity index (χ4n) is 0.878. The topological polar surface area (TPSA) is 82.8 Å². The number of hydrogen-bond donors (Lipinski definition) is 0. The SMILES string of the molecule is COC(=O)c1cc(=O)c(C(=O)OC)co1. The van der Waals surface area contributed by atoms with Gasteiger partial charge in [0.2, 0.25) is 5.76 Å². The van der Waals surface area contributed by atoms with Crippen LogP contribution in [0.4, 0.5) is 0 Å². The summed E-state index contributed by atoms with van der Waals surface area (Å²) in [5.41, 5.74) is -0.932. The third-order valence-corrected chi connectivity index (χ3v) is 1.62. The van der Waals surface area contributed by atoms with Crippen LogP contribution in [0.25, 0.3) is 0 Å². The zero-order chi connectivity index (χ0) is 11.4. The van der Waals surface area contributed by atoms with Crippen LogP contribution in [0.2, 0.25) is 0 Å². The molecule has 0 aliphatic heterocycles. The lowest BCUT2D eigenvalue weighted by molar-refractivity contribution is 0.0549. The molecule has 0 aromatic carbocycles. The Hall–Kier alpha value is -2.11. The zero-order valence-corrected chi connectivity index (χ0v) is 8.10. The normalized spacial score (nSPS) is 9.47. The van der Waals surface area contributed by atoms with Crippen molar-refractivity contribution in [1.82, 2.24) is 0 Å². The van der Waals surface area contributed by atoms with Crippen molar-refractivity contribution in [2.75, 3.05) is 14.2 Å². The van der Waals surface area contributed by atoms with Gasteiger partial charge in [-0.1, -0.05) is 0 Å². The highest BCUT2D eigenvalue weighted by atomic mass is 16.5. The van der Waals surface area contributed by atoms with E-state index in [9.17, 15) is 14.4 Å². The van der Waals surface area contributed by atoms with E-state index in [-0.39, 0.29) is 11.3 Å². The largest absolute Gasteiger partial charge is 0.465 e. The molecule has 0 amide bonds. The Morgan fingerprint density at radius 2 is 1.80 bits per heavy atom. The van der Waals surface area contributed by atoms with Gasteiger partial charge in [-0.25, -0.2) is 9.59 Å². The Morgan fingerprint density at radius 1 is 1.20 bits per heavy atom. The lowest BCUT2D eigenvalue weighted by atomic mass is 10.2. The van der Waals surface area contributed by atoms with E-state index in [2.05, 4.69) is 9.47 Å². The van der Waals surface area contributed by atoms with E-state index in [0.717, 1.165) is 26.5 Å². The van der Waals surface area contributed by atoms with Crippen LogP contribution < -0.4 is 5.43 Å². The Morgan fingerprint density at radius 3 is 2.27 bits per heavy atom. The van der Waals surface area contributed by atoms with Gasteiger partial charge in [-0.05, 0) is 0 Å². The van der Waals surface area contributed by atoms with Gasteiger partial charge in [-0.15, -0.1) is 0 Å². The molecule has 0 bridgehead atoms. The first-order chi connectivity index (χ1) is 7.10. The maximum atomic E-state index is 11.3. The molecule has 0 radical (unpaired) electrons. The second kappa shape index (κ2) is 4.41. The first-order valence-electron chi connectivity index (χ1n) is 3.89. The van der Waals surface area contributed by atoms with Crippen LogP contribution in [0.3, 0.4) is 0 Å². The van der Waals surface area contributed by atoms with Gasteiger partial charge < -0.3 is 13.9 Å². The van der Waals surface area contributed by atoms with Crippen molar-refractivity contribution < 1.29 is 23.5 Å². The molecule has 1 aromatic heterocycles. The number of methoxy groups -OCH3 is 2. The molecule has 15 heavy (non-hydrogen) atoms. The summed E-state index contributed by atoms with van der Waals surface area (Å²) in [4.78, 5) is 33.2. The van der Waals surface area contributed by atoms with Crippen LogP contribution in [0.1, 0.15) is 20.9 Å². The third-order valence-electron chi connectivity index (χ3n) is 1.62. The summed E-state index contributed by atoms with van der Waals surface area (Å²) in [6.07, 6.45) is 0.862. The fraction of sp³-hybridized carbons (Fsp3) is 0.222. The Labute approximate surface area is 84.4 Å². The van der Waals surface area contributed by atoms with Crippen LogP contribution in [0.15, 0.2) is 21.5 Å². The highest BCUT2D eigenvalue weighted by Gasteiger charge is 2.15. The molecular formula is C9H8O6. The lowest BCUT2D eigenvalue weighted by Crippen LogP contribution is -2.17. The van der Waals surface area contributed by atoms with Crippen molar-refractivity contribution >= 4 is 11.9 Å². The second-order valence-electron chi connectivity index (χ2n) is 2.51. The molecule has 0 aliphatic rings. The number of ether oxygens (including phenoxy) is 2. The number of carbonyl (C=O) groups excluding carboxylic acids is 2. The zero-order valence-electron chi connectivity index (χ0n) is 8.10. The quantitative estimate of drug-likeness (QED) is 0.652. The van der Waals surface area contributed by atoms with E-state index in [1.54, 1.807) is 0 Å². The number of carbonyl (C=O) groups is 2. The van der Waals surface area contributed by atoms with E-state index in [4.69, 9.17) is 4.42 Å². The first-order valence-corrected chi connectivity index (χ1v) is 3.89. The fourth-order valence-corrected chi connectivity index (χ4v) is 0.878. The van der Waals surface area contributed by atoms with Gasteiger partial charge >= 0.3 is 11.9 Å². The third kappa shape index (κ3) is 2.22. The van der Waals surface area contributed by atoms with Crippen LogP contribution in [0.5, 0.6) is 0 Å². The minimum Gasteiger partial charge on any atom is -0.465 e. The van der Waals surface area contributed by atoms with Crippen LogP contribution in [-0.2, 0) is 9.47 Å². The first kappa shape index (κ1) is 11.0. The average molecular weight is 212 g/mol. The second-order valence-corrected chi connectivity index (χ2v) is 2.51. The van der Waals surface area contributed by atoms with Crippen molar-refractivity contribution in [3.63, 3.8) is 0 Å². The Balaban J connectivity index is 3.15. The minimum atomic E-state index is -0.819. The summed E-state index contributed by atoms with van der Waals surface area (Å²) in [6.45, 7) is 0. The van der Waals surface area contributed by atoms with Crippen LogP contribution in [0, 0.1) is 0 Å². The molecule has 1 heterocycles. The van der Waals surface area contributed by atoms with Crippen molar-refractivity contribution in [3.8, 4) is 0 Å². The number of esters is 2. The summed E-state index contributed by atoms with van der Waals surface area (Å²) in [7, 11) is 2.28. The van der Waals surface area contributed by atoms with E-state index in [0.29, 0.717) is 0 Å². The molecule has 80 valence electrons. The van der Waals surface area contributed by atoms with Gasteiger partial charge in [0.25, 0.3) is 0 Å². The van der Waals surface area contributed by atoms with Crippen molar-refractivity contribution in [3.05, 3.63) is 33.9 Å². The standard InChI is InChI=1S/C9H8O6/c1-13-8(11)5-4-15-7(3-6(5)10)9(12)14-2/h3-4H,1-2H3. The van der Waals surface area contributed by atoms with Crippen molar-refractivity contribution in [2.24, 2.45) is 0 Å². The van der Waals surface area contributed by atoms with Crippen molar-refractivity contribution in [1.29, 1.82) is 0 Å². The molecule has 0 saturated heterocycles. The summed E-state index contributed by atoms with van der Waals surface area (Å²) >= 11 is 0. The van der Waals surface area contributed by atoms with Gasteiger partial charge in [0.05, 0.1) is 14.2 Å². The average Bonchev–Trinajstić information content (AvgIpc) is 2.26. The van der Waals surface area contributed by atoms with Crippen LogP contribution in [-0.4, -0.2) is 26.2 Å². The maximum Gasteiger partial charge on any atom is 0.374 e. The van der Waals surface area contributed by atoms with E-state index >= 15 is 0 Å². The Kier molecular flexibility index (Phi) is 3.22. The summed E-state index contributed by atoms with van der Waals surface area (Å²) in [5, 5.41) is 0. The molecule has 0 saturated carbocycles. The molecule has 0 atom stereocenters. The molecular weight excluding hydrogens is 204 g/mol. The number of rotatable bonds is 2. The monoisotopic (exact) mass is 212 g/mol. The van der Waals surface area contributed by atoms with E-state index in [1.807, 2.05) is 0 Å². The van der Waals surface area contributed by atoms with Crippen LogP contribution >= 0.6 is 0 Å². The summed E-state index contributed by atoms with van der Waals surface area (Å²) in [6, 6.07) is 0.873. The van der Waals surface area contributed by atoms with Gasteiger partial charge in [0, 0.05) is 6.07 Å². The molecule has 0 fully saturated rings. The molecule has 1 aromatic rings. The smallest absolute Gasteiger partial charge is 0.374 e. The van der Waals surface area contributed by atoms with Gasteiger partial charge in [-0.3, -0.25) is 4.79 Å². The summed E-state index contributed by atoms with van der Waals surface area (Å²) < 4.78 is 13.4. The highest BCUT2D eigenvalue weighted by Crippen LogP contribution is 2.01. The molecule has 0 spiro atoms. The summed E-state index contributed by atoms with van der Waals surface area (Å²) in [5.74, 6) is -1.88. The maximum absolute atomic E-state index is 11.3. The van der Waals surface area contributed by atoms with Gasteiger partial charge in [-0.2, -0.15) is 0 Å². The molecule has 6 nitrogen and oxygen atoms in total.